The molecule has 0 spiro atoms. The molecule has 0 fully saturated rings. The first-order chi connectivity index (χ1) is 22.9. The average Bonchev–Trinajstić information content (AvgIpc) is 3.07. The number of phenols is 2. The standard InChI is InChI=1S/C33H39N5O8S2/c34-24(17-47)29(41)35-25(15-20-6-10-22(39)11-7-20)30(42)36-26(14-19-4-2-1-3-5-19)31(43)37-27(16-21-8-12-23(40)13-9-21)32(44)38-28(18-48)33(45)46/h1-13,24-28,39-40,47-48H,14-18,34H2,(H,35,41)(H,36,42)(H,37,43)(H,38,44)(H,45,46)/t24-,25-,26-,27-,28-/m0/s1. The van der Waals surface area contributed by atoms with Gasteiger partial charge in [0, 0.05) is 30.8 Å². The molecule has 0 bridgehead atoms. The number of amides is 4. The Morgan fingerprint density at radius 3 is 1.25 bits per heavy atom. The monoisotopic (exact) mass is 697 g/mol. The number of aromatic hydroxyl groups is 2. The van der Waals surface area contributed by atoms with Gasteiger partial charge in [-0.15, -0.1) is 0 Å². The number of carboxylic acid groups (broad SMARTS) is 1. The molecule has 3 rings (SSSR count). The third kappa shape index (κ3) is 11.8. The summed E-state index contributed by atoms with van der Waals surface area (Å²) < 4.78 is 0. The Kier molecular flexibility index (Phi) is 14.6. The largest absolute Gasteiger partial charge is 0.508 e. The highest BCUT2D eigenvalue weighted by atomic mass is 32.1. The fourth-order valence-corrected chi connectivity index (χ4v) is 4.99. The van der Waals surface area contributed by atoms with Crippen LogP contribution >= 0.6 is 25.3 Å². The van der Waals surface area contributed by atoms with Crippen molar-refractivity contribution >= 4 is 54.9 Å². The molecule has 15 heteroatoms. The van der Waals surface area contributed by atoms with E-state index < -0.39 is 59.8 Å². The molecule has 0 saturated carbocycles. The summed E-state index contributed by atoms with van der Waals surface area (Å²) in [6.07, 6.45) is -0.0939. The highest BCUT2D eigenvalue weighted by molar-refractivity contribution is 7.80. The second kappa shape index (κ2) is 18.6. The summed E-state index contributed by atoms with van der Waals surface area (Å²) in [7, 11) is 0. The molecule has 0 aliphatic carbocycles. The van der Waals surface area contributed by atoms with Gasteiger partial charge in [-0.05, 0) is 41.0 Å². The third-order valence-corrected chi connectivity index (χ3v) is 8.02. The molecular formula is C33H39N5O8S2. The number of nitrogens with one attached hydrogen (secondary N) is 4. The van der Waals surface area contributed by atoms with Crippen molar-refractivity contribution in [2.45, 2.75) is 49.5 Å². The van der Waals surface area contributed by atoms with E-state index in [9.17, 15) is 39.3 Å². The van der Waals surface area contributed by atoms with Gasteiger partial charge in [-0.25, -0.2) is 4.79 Å². The van der Waals surface area contributed by atoms with Crippen LogP contribution in [-0.4, -0.2) is 86.6 Å². The minimum absolute atomic E-state index is 0.00359. The van der Waals surface area contributed by atoms with Crippen molar-refractivity contribution in [2.75, 3.05) is 11.5 Å². The van der Waals surface area contributed by atoms with Gasteiger partial charge in [-0.2, -0.15) is 25.3 Å². The predicted octanol–water partition coefficient (Wildman–Crippen LogP) is 0.336. The van der Waals surface area contributed by atoms with E-state index in [2.05, 4.69) is 46.5 Å². The lowest BCUT2D eigenvalue weighted by molar-refractivity contribution is -0.141. The molecule has 4 amide bonds. The molecule has 0 heterocycles. The Bertz CT molecular complexity index is 1540. The van der Waals surface area contributed by atoms with Crippen LogP contribution < -0.4 is 27.0 Å². The van der Waals surface area contributed by atoms with Crippen molar-refractivity contribution in [3.05, 3.63) is 95.6 Å². The molecule has 0 saturated heterocycles. The normalized spacial score (nSPS) is 14.0. The number of thiol groups is 2. The maximum atomic E-state index is 13.9. The number of carbonyl (C=O) groups excluding carboxylic acids is 4. The minimum atomic E-state index is -1.34. The van der Waals surface area contributed by atoms with Gasteiger partial charge in [-0.1, -0.05) is 54.6 Å². The molecule has 0 aliphatic rings. The lowest BCUT2D eigenvalue weighted by atomic mass is 10.0. The molecule has 13 nitrogen and oxygen atoms in total. The lowest BCUT2D eigenvalue weighted by Gasteiger charge is -2.26. The molecule has 0 aromatic heterocycles. The van der Waals surface area contributed by atoms with Crippen molar-refractivity contribution in [1.29, 1.82) is 0 Å². The van der Waals surface area contributed by atoms with Gasteiger partial charge in [0.05, 0.1) is 6.04 Å². The van der Waals surface area contributed by atoms with Gasteiger partial charge in [0.2, 0.25) is 23.6 Å². The van der Waals surface area contributed by atoms with E-state index in [0.717, 1.165) is 0 Å². The van der Waals surface area contributed by atoms with Crippen LogP contribution in [0.15, 0.2) is 78.9 Å². The van der Waals surface area contributed by atoms with Crippen LogP contribution in [0.2, 0.25) is 0 Å². The molecule has 0 unspecified atom stereocenters. The van der Waals surface area contributed by atoms with E-state index in [1.807, 2.05) is 0 Å². The number of nitrogens with two attached hydrogens (primary N) is 1. The topological polar surface area (TPSA) is 220 Å². The first-order valence-corrected chi connectivity index (χ1v) is 16.2. The summed E-state index contributed by atoms with van der Waals surface area (Å²) in [5, 5.41) is 39.2. The molecular weight excluding hydrogens is 659 g/mol. The number of aliphatic carboxylic acids is 1. The first kappa shape index (κ1) is 37.7. The van der Waals surface area contributed by atoms with Crippen LogP contribution in [-0.2, 0) is 43.2 Å². The zero-order chi connectivity index (χ0) is 35.2. The Balaban J connectivity index is 1.92. The number of hydrogen-bond donors (Lipinski definition) is 10. The number of carboxylic acids is 1. The van der Waals surface area contributed by atoms with E-state index in [-0.39, 0.29) is 42.3 Å². The summed E-state index contributed by atoms with van der Waals surface area (Å²) in [5.74, 6) is -4.45. The molecule has 0 aliphatic heterocycles. The second-order valence-electron chi connectivity index (χ2n) is 11.0. The summed E-state index contributed by atoms with van der Waals surface area (Å²) in [5.41, 5.74) is 7.66. The van der Waals surface area contributed by atoms with Gasteiger partial charge in [0.1, 0.15) is 35.7 Å². The van der Waals surface area contributed by atoms with Gasteiger partial charge in [-0.3, -0.25) is 19.2 Å². The molecule has 3 aromatic carbocycles. The third-order valence-electron chi connectivity index (χ3n) is 7.26. The number of rotatable bonds is 17. The second-order valence-corrected chi connectivity index (χ2v) is 11.7. The van der Waals surface area contributed by atoms with E-state index >= 15 is 0 Å². The van der Waals surface area contributed by atoms with Gasteiger partial charge >= 0.3 is 5.97 Å². The van der Waals surface area contributed by atoms with Crippen molar-refractivity contribution in [2.24, 2.45) is 5.73 Å². The number of hydrogen-bond acceptors (Lipinski definition) is 10. The Labute approximate surface area is 288 Å². The van der Waals surface area contributed by atoms with Crippen molar-refractivity contribution in [1.82, 2.24) is 21.3 Å². The fourth-order valence-electron chi connectivity index (χ4n) is 4.58. The highest BCUT2D eigenvalue weighted by Gasteiger charge is 2.32. The Hall–Kier alpha value is -4.73. The molecule has 3 aromatic rings. The summed E-state index contributed by atoms with van der Waals surface area (Å²) in [4.78, 5) is 65.3. The van der Waals surface area contributed by atoms with E-state index in [4.69, 9.17) is 5.73 Å². The zero-order valence-corrected chi connectivity index (χ0v) is 27.6. The highest BCUT2D eigenvalue weighted by Crippen LogP contribution is 2.14. The molecule has 48 heavy (non-hydrogen) atoms. The van der Waals surface area contributed by atoms with Crippen LogP contribution in [0.4, 0.5) is 0 Å². The predicted molar refractivity (Wildman–Crippen MR) is 185 cm³/mol. The van der Waals surface area contributed by atoms with Gasteiger partial charge in [0.25, 0.3) is 0 Å². The van der Waals surface area contributed by atoms with Crippen molar-refractivity contribution < 1.29 is 39.3 Å². The number of phenolic OH excluding ortho intramolecular Hbond substituents is 2. The lowest BCUT2D eigenvalue weighted by Crippen LogP contribution is -2.59. The number of benzene rings is 3. The molecule has 5 atom stereocenters. The summed E-state index contributed by atoms with van der Waals surface area (Å²) in [6, 6.07) is 14.6. The van der Waals surface area contributed by atoms with E-state index in [0.29, 0.717) is 16.7 Å². The van der Waals surface area contributed by atoms with Gasteiger partial charge in [0.15, 0.2) is 0 Å². The van der Waals surface area contributed by atoms with Gasteiger partial charge < -0.3 is 42.3 Å². The Morgan fingerprint density at radius 1 is 0.542 bits per heavy atom. The quantitative estimate of drug-likeness (QED) is 0.0878. The maximum absolute atomic E-state index is 13.9. The fraction of sp³-hybridized carbons (Fsp3) is 0.303. The molecule has 9 N–H and O–H groups in total. The average molecular weight is 698 g/mol. The molecule has 256 valence electrons. The first-order valence-electron chi connectivity index (χ1n) is 14.9. The zero-order valence-electron chi connectivity index (χ0n) is 25.8. The van der Waals surface area contributed by atoms with E-state index in [1.54, 1.807) is 54.6 Å². The SMILES string of the molecule is N[C@@H](CS)C(=O)N[C@@H](Cc1ccc(O)cc1)C(=O)N[C@@H](Cc1ccccc1)C(=O)N[C@@H](Cc1ccc(O)cc1)C(=O)N[C@@H](CS)C(=O)O. The van der Waals surface area contributed by atoms with Crippen molar-refractivity contribution in [3.63, 3.8) is 0 Å². The smallest absolute Gasteiger partial charge is 0.327 e. The Morgan fingerprint density at radius 2 is 0.896 bits per heavy atom. The molecule has 0 radical (unpaired) electrons. The van der Waals surface area contributed by atoms with Crippen LogP contribution in [0, 0.1) is 0 Å². The number of carbonyl (C=O) groups is 5. The van der Waals surface area contributed by atoms with Crippen LogP contribution in [0.25, 0.3) is 0 Å². The van der Waals surface area contributed by atoms with Crippen molar-refractivity contribution in [3.8, 4) is 11.5 Å². The summed E-state index contributed by atoms with van der Waals surface area (Å²) >= 11 is 8.05. The van der Waals surface area contributed by atoms with Crippen LogP contribution in [0.1, 0.15) is 16.7 Å². The summed E-state index contributed by atoms with van der Waals surface area (Å²) in [6.45, 7) is 0. The van der Waals surface area contributed by atoms with Crippen LogP contribution in [0.3, 0.4) is 0 Å². The van der Waals surface area contributed by atoms with E-state index in [1.165, 1.54) is 24.3 Å². The maximum Gasteiger partial charge on any atom is 0.327 e. The van der Waals surface area contributed by atoms with Crippen LogP contribution in [0.5, 0.6) is 11.5 Å². The minimum Gasteiger partial charge on any atom is -0.508 e.